The molecule has 3 rings (SSSR count). The lowest BCUT2D eigenvalue weighted by atomic mass is 10.1. The normalized spacial score (nSPS) is 11.2. The van der Waals surface area contributed by atoms with Gasteiger partial charge in [-0.1, -0.05) is 6.07 Å². The number of aryl methyl sites for hydroxylation is 1. The highest BCUT2D eigenvalue weighted by atomic mass is 16.5. The van der Waals surface area contributed by atoms with Crippen LogP contribution in [0.25, 0.3) is 22.0 Å². The lowest BCUT2D eigenvalue weighted by Gasteiger charge is -1.98. The lowest BCUT2D eigenvalue weighted by molar-refractivity contribution is 0.291. The van der Waals surface area contributed by atoms with Crippen LogP contribution in [0.2, 0.25) is 0 Å². The van der Waals surface area contributed by atoms with Crippen LogP contribution in [0.5, 0.6) is 0 Å². The summed E-state index contributed by atoms with van der Waals surface area (Å²) in [5.74, 6) is 0.278. The summed E-state index contributed by atoms with van der Waals surface area (Å²) < 4.78 is 6.63. The van der Waals surface area contributed by atoms with E-state index in [-0.39, 0.29) is 11.3 Å². The molecule has 0 unspecified atom stereocenters. The number of ether oxygens (including phenoxy) is 1. The van der Waals surface area contributed by atoms with E-state index in [9.17, 15) is 4.79 Å². The smallest absolute Gasteiger partial charge is 0.205 e. The Hall–Kier alpha value is -3.28. The molecule has 0 atom stereocenters. The summed E-state index contributed by atoms with van der Waals surface area (Å²) >= 11 is 0. The van der Waals surface area contributed by atoms with Crippen molar-refractivity contribution < 1.29 is 4.74 Å². The Morgan fingerprint density at radius 2 is 2.12 bits per heavy atom. The average molecular weight is 334 g/mol. The van der Waals surface area contributed by atoms with E-state index < -0.39 is 0 Å². The van der Waals surface area contributed by atoms with Crippen LogP contribution in [-0.2, 0) is 11.8 Å². The Balaban J connectivity index is 2.18. The van der Waals surface area contributed by atoms with Gasteiger partial charge < -0.3 is 4.74 Å². The molecule has 0 bridgehead atoms. The maximum atomic E-state index is 12.9. The minimum absolute atomic E-state index is 0.0808. The first kappa shape index (κ1) is 16.6. The maximum Gasteiger partial charge on any atom is 0.205 e. The largest absolute Gasteiger partial charge is 0.481 e. The van der Waals surface area contributed by atoms with E-state index in [0.29, 0.717) is 22.0 Å². The highest BCUT2D eigenvalue weighted by Crippen LogP contribution is 2.20. The third kappa shape index (κ3) is 3.33. The van der Waals surface area contributed by atoms with Gasteiger partial charge in [-0.3, -0.25) is 14.5 Å². The molecule has 0 saturated heterocycles. The number of hydrogen-bond donors (Lipinski definition) is 0. The summed E-state index contributed by atoms with van der Waals surface area (Å²) in [5, 5.41) is 4.72. The fourth-order valence-electron chi connectivity index (χ4n) is 2.48. The predicted molar refractivity (Wildman–Crippen MR) is 98.7 cm³/mol. The minimum atomic E-state index is -0.0808. The van der Waals surface area contributed by atoms with Crippen molar-refractivity contribution >= 4 is 17.1 Å². The topological polar surface area (TPSA) is 69.4 Å². The van der Waals surface area contributed by atoms with E-state index >= 15 is 0 Å². The maximum absolute atomic E-state index is 12.9. The standard InChI is InChI=1S/C19H18N4O2/c1-12-14(8-20-13(2)25-4)5-6-18-17(19(12)24)7-15(9-21-18)16-10-22-23(3)11-16/h5-11H,2H2,1,3-4H3/b20-8-. The summed E-state index contributed by atoms with van der Waals surface area (Å²) in [6.07, 6.45) is 6.95. The van der Waals surface area contributed by atoms with E-state index in [2.05, 4.69) is 21.7 Å². The van der Waals surface area contributed by atoms with Crippen LogP contribution >= 0.6 is 0 Å². The van der Waals surface area contributed by atoms with Crippen LogP contribution in [0.3, 0.4) is 0 Å². The van der Waals surface area contributed by atoms with Crippen molar-refractivity contribution in [2.24, 2.45) is 12.0 Å². The number of rotatable bonds is 4. The van der Waals surface area contributed by atoms with Gasteiger partial charge in [-0.25, -0.2) is 4.99 Å². The second-order valence-electron chi connectivity index (χ2n) is 5.66. The number of hydrogen-bond acceptors (Lipinski definition) is 5. The number of nitrogens with zero attached hydrogens (tertiary/aromatic N) is 4. The van der Waals surface area contributed by atoms with Gasteiger partial charge >= 0.3 is 0 Å². The molecule has 0 fully saturated rings. The van der Waals surface area contributed by atoms with Crippen LogP contribution in [0.4, 0.5) is 0 Å². The van der Waals surface area contributed by atoms with E-state index in [1.54, 1.807) is 30.2 Å². The van der Waals surface area contributed by atoms with Gasteiger partial charge in [0.2, 0.25) is 5.88 Å². The molecule has 25 heavy (non-hydrogen) atoms. The van der Waals surface area contributed by atoms with Crippen LogP contribution in [0.1, 0.15) is 11.1 Å². The number of methoxy groups -OCH3 is 1. The van der Waals surface area contributed by atoms with Gasteiger partial charge in [-0.15, -0.1) is 0 Å². The zero-order chi connectivity index (χ0) is 18.0. The van der Waals surface area contributed by atoms with Crippen LogP contribution in [-0.4, -0.2) is 28.1 Å². The first-order chi connectivity index (χ1) is 12.0. The third-order valence-electron chi connectivity index (χ3n) is 3.98. The first-order valence-corrected chi connectivity index (χ1v) is 7.69. The zero-order valence-corrected chi connectivity index (χ0v) is 14.4. The van der Waals surface area contributed by atoms with Crippen LogP contribution in [0, 0.1) is 6.92 Å². The first-order valence-electron chi connectivity index (χ1n) is 7.69. The Labute approximate surface area is 145 Å². The Morgan fingerprint density at radius 3 is 2.80 bits per heavy atom. The van der Waals surface area contributed by atoms with Crippen LogP contribution < -0.4 is 5.43 Å². The van der Waals surface area contributed by atoms with Gasteiger partial charge in [0, 0.05) is 47.7 Å². The molecule has 0 N–H and O–H groups in total. The fraction of sp³-hybridized carbons (Fsp3) is 0.158. The van der Waals surface area contributed by atoms with Crippen molar-refractivity contribution in [1.29, 1.82) is 0 Å². The number of pyridine rings is 1. The van der Waals surface area contributed by atoms with Crippen molar-refractivity contribution in [1.82, 2.24) is 14.8 Å². The molecule has 126 valence electrons. The van der Waals surface area contributed by atoms with Gasteiger partial charge in [0.15, 0.2) is 5.43 Å². The summed E-state index contributed by atoms with van der Waals surface area (Å²) in [6.45, 7) is 5.41. The molecule has 0 aliphatic heterocycles. The molecule has 3 aromatic rings. The predicted octanol–water partition coefficient (Wildman–Crippen LogP) is 2.84. The van der Waals surface area contributed by atoms with E-state index in [4.69, 9.17) is 4.74 Å². The quantitative estimate of drug-likeness (QED) is 0.543. The molecule has 2 heterocycles. The summed E-state index contributed by atoms with van der Waals surface area (Å²) in [5.41, 5.74) is 3.61. The number of aromatic nitrogens is 3. The lowest BCUT2D eigenvalue weighted by Crippen LogP contribution is -2.05. The fourth-order valence-corrected chi connectivity index (χ4v) is 2.48. The Bertz CT molecular complexity index is 1050. The highest BCUT2D eigenvalue weighted by Gasteiger charge is 2.08. The van der Waals surface area contributed by atoms with Crippen molar-refractivity contribution in [3.8, 4) is 11.1 Å². The molecular formula is C19H18N4O2. The molecule has 0 spiro atoms. The van der Waals surface area contributed by atoms with Gasteiger partial charge in [0.05, 0.1) is 18.8 Å². The molecule has 0 radical (unpaired) electrons. The Kier molecular flexibility index (Phi) is 4.43. The molecule has 0 saturated carbocycles. The molecule has 0 amide bonds. The molecule has 2 aromatic heterocycles. The third-order valence-corrected chi connectivity index (χ3v) is 3.98. The van der Waals surface area contributed by atoms with Gasteiger partial charge in [-0.05, 0) is 31.2 Å². The monoisotopic (exact) mass is 334 g/mol. The molecule has 1 aromatic carbocycles. The zero-order valence-electron chi connectivity index (χ0n) is 14.4. The van der Waals surface area contributed by atoms with Gasteiger partial charge in [-0.2, -0.15) is 5.10 Å². The second kappa shape index (κ2) is 6.68. The van der Waals surface area contributed by atoms with E-state index in [1.807, 2.05) is 31.4 Å². The SMILES string of the molecule is C=C(/N=C\c1ccc2ncc(-c3cnn(C)c3)cc2c(=O)c1C)OC. The summed E-state index contributed by atoms with van der Waals surface area (Å²) in [7, 11) is 3.34. The minimum Gasteiger partial charge on any atom is -0.481 e. The van der Waals surface area contributed by atoms with Crippen molar-refractivity contribution in [3.05, 3.63) is 70.6 Å². The van der Waals surface area contributed by atoms with Gasteiger partial charge in [0.1, 0.15) is 0 Å². The molecular weight excluding hydrogens is 316 g/mol. The summed E-state index contributed by atoms with van der Waals surface area (Å²) in [4.78, 5) is 21.4. The highest BCUT2D eigenvalue weighted by molar-refractivity contribution is 5.88. The molecule has 6 nitrogen and oxygen atoms in total. The molecule has 0 aliphatic rings. The van der Waals surface area contributed by atoms with E-state index in [1.165, 1.54) is 7.11 Å². The van der Waals surface area contributed by atoms with Crippen molar-refractivity contribution in [3.63, 3.8) is 0 Å². The summed E-state index contributed by atoms with van der Waals surface area (Å²) in [6, 6.07) is 5.49. The van der Waals surface area contributed by atoms with Crippen molar-refractivity contribution in [2.75, 3.05) is 7.11 Å². The van der Waals surface area contributed by atoms with Gasteiger partial charge in [0.25, 0.3) is 0 Å². The Morgan fingerprint density at radius 1 is 1.32 bits per heavy atom. The van der Waals surface area contributed by atoms with E-state index in [0.717, 1.165) is 11.1 Å². The molecule has 6 heteroatoms. The average Bonchev–Trinajstić information content (AvgIpc) is 3.02. The number of fused-ring (bicyclic) bond motifs is 1. The number of aliphatic imine (C=N–C) groups is 1. The molecule has 0 aliphatic carbocycles. The van der Waals surface area contributed by atoms with Crippen LogP contribution in [0.15, 0.2) is 59.0 Å². The second-order valence-corrected chi connectivity index (χ2v) is 5.66. The van der Waals surface area contributed by atoms with Crippen molar-refractivity contribution in [2.45, 2.75) is 6.92 Å².